The van der Waals surface area contributed by atoms with E-state index in [2.05, 4.69) is 15.3 Å². The Morgan fingerprint density at radius 2 is 2.33 bits per heavy atom. The van der Waals surface area contributed by atoms with Gasteiger partial charge in [0.1, 0.15) is 5.82 Å². The highest BCUT2D eigenvalue weighted by Gasteiger charge is 2.14. The number of nitrogens with one attached hydrogen (secondary N) is 2. The first kappa shape index (κ1) is 12.4. The molecule has 5 nitrogen and oxygen atoms in total. The predicted octanol–water partition coefficient (Wildman–Crippen LogP) is 2.39. The molecular weight excluding hydrogens is 230 g/mol. The Morgan fingerprint density at radius 3 is 3.00 bits per heavy atom. The third-order valence-electron chi connectivity index (χ3n) is 2.99. The van der Waals surface area contributed by atoms with E-state index >= 15 is 0 Å². The second kappa shape index (κ2) is 5.08. The number of carboxylic acids is 1. The highest BCUT2D eigenvalue weighted by Crippen LogP contribution is 2.17. The molecule has 0 radical (unpaired) electrons. The van der Waals surface area contributed by atoms with Crippen molar-refractivity contribution in [1.29, 1.82) is 0 Å². The van der Waals surface area contributed by atoms with Crippen LogP contribution < -0.4 is 5.32 Å². The minimum Gasteiger partial charge on any atom is -0.481 e. The summed E-state index contributed by atoms with van der Waals surface area (Å²) in [7, 11) is 0. The summed E-state index contributed by atoms with van der Waals surface area (Å²) in [5.41, 5.74) is 2.79. The van der Waals surface area contributed by atoms with E-state index in [0.717, 1.165) is 22.5 Å². The number of carboxylic acid groups (broad SMARTS) is 1. The summed E-state index contributed by atoms with van der Waals surface area (Å²) in [5.74, 6) is -0.244. The van der Waals surface area contributed by atoms with Gasteiger partial charge in [-0.2, -0.15) is 0 Å². The standard InChI is InChI=1S/C13H17N3O2/c1-3-9(13(17)18)7-14-10-4-5-11-12(6-10)16-8(2)15-11/h4-6,9,14H,3,7H2,1-2H3,(H,15,16)(H,17,18). The minimum absolute atomic E-state index is 0.357. The molecule has 2 aromatic rings. The lowest BCUT2D eigenvalue weighted by molar-refractivity contribution is -0.141. The first-order chi connectivity index (χ1) is 8.60. The number of rotatable bonds is 5. The average Bonchev–Trinajstić information content (AvgIpc) is 2.68. The summed E-state index contributed by atoms with van der Waals surface area (Å²) in [4.78, 5) is 18.4. The van der Waals surface area contributed by atoms with Crippen molar-refractivity contribution in [2.75, 3.05) is 11.9 Å². The number of hydrogen-bond acceptors (Lipinski definition) is 3. The Bertz CT molecular complexity index is 562. The smallest absolute Gasteiger partial charge is 0.308 e. The minimum atomic E-state index is -0.761. The molecule has 3 N–H and O–H groups in total. The SMILES string of the molecule is CCC(CNc1ccc2nc(C)[nH]c2c1)C(=O)O. The van der Waals surface area contributed by atoms with Crippen LogP contribution in [0.5, 0.6) is 0 Å². The van der Waals surface area contributed by atoms with E-state index in [1.165, 1.54) is 0 Å². The van der Waals surface area contributed by atoms with Gasteiger partial charge in [-0.3, -0.25) is 4.79 Å². The number of imidazole rings is 1. The highest BCUT2D eigenvalue weighted by atomic mass is 16.4. The molecule has 0 aliphatic carbocycles. The van der Waals surface area contributed by atoms with Gasteiger partial charge in [0, 0.05) is 12.2 Å². The first-order valence-corrected chi connectivity index (χ1v) is 6.03. The zero-order valence-corrected chi connectivity index (χ0v) is 10.5. The lowest BCUT2D eigenvalue weighted by Gasteiger charge is -2.11. The molecule has 0 saturated heterocycles. The van der Waals surface area contributed by atoms with Gasteiger partial charge in [-0.05, 0) is 31.5 Å². The molecule has 0 bridgehead atoms. The molecule has 0 saturated carbocycles. The van der Waals surface area contributed by atoms with E-state index < -0.39 is 5.97 Å². The van der Waals surface area contributed by atoms with Gasteiger partial charge in [-0.25, -0.2) is 4.98 Å². The molecule has 0 amide bonds. The van der Waals surface area contributed by atoms with Crippen LogP contribution in [0, 0.1) is 12.8 Å². The normalized spacial score (nSPS) is 12.6. The average molecular weight is 247 g/mol. The highest BCUT2D eigenvalue weighted by molar-refractivity contribution is 5.79. The van der Waals surface area contributed by atoms with Crippen molar-refractivity contribution in [3.8, 4) is 0 Å². The summed E-state index contributed by atoms with van der Waals surface area (Å²) < 4.78 is 0. The number of aromatic amines is 1. The molecule has 1 unspecified atom stereocenters. The number of aryl methyl sites for hydroxylation is 1. The fourth-order valence-corrected chi connectivity index (χ4v) is 1.89. The third kappa shape index (κ3) is 2.61. The number of hydrogen-bond donors (Lipinski definition) is 3. The third-order valence-corrected chi connectivity index (χ3v) is 2.99. The van der Waals surface area contributed by atoms with E-state index in [1.54, 1.807) is 0 Å². The maximum absolute atomic E-state index is 10.9. The molecule has 0 aliphatic rings. The summed E-state index contributed by atoms with van der Waals surface area (Å²) in [6.07, 6.45) is 0.619. The van der Waals surface area contributed by atoms with E-state index in [1.807, 2.05) is 32.0 Å². The van der Waals surface area contributed by atoms with E-state index in [-0.39, 0.29) is 5.92 Å². The molecule has 0 spiro atoms. The quantitative estimate of drug-likeness (QED) is 0.758. The van der Waals surface area contributed by atoms with Crippen molar-refractivity contribution in [2.24, 2.45) is 5.92 Å². The zero-order valence-electron chi connectivity index (χ0n) is 10.5. The van der Waals surface area contributed by atoms with Crippen LogP contribution in [0.15, 0.2) is 18.2 Å². The van der Waals surface area contributed by atoms with Crippen LogP contribution >= 0.6 is 0 Å². The van der Waals surface area contributed by atoms with Gasteiger partial charge < -0.3 is 15.4 Å². The number of nitrogens with zero attached hydrogens (tertiary/aromatic N) is 1. The van der Waals surface area contributed by atoms with Crippen LogP contribution in [0.3, 0.4) is 0 Å². The van der Waals surface area contributed by atoms with Gasteiger partial charge >= 0.3 is 5.97 Å². The first-order valence-electron chi connectivity index (χ1n) is 6.03. The second-order valence-electron chi connectivity index (χ2n) is 4.38. The molecule has 1 aromatic heterocycles. The van der Waals surface area contributed by atoms with Gasteiger partial charge in [0.15, 0.2) is 0 Å². The predicted molar refractivity (Wildman–Crippen MR) is 70.7 cm³/mol. The molecule has 2 rings (SSSR count). The monoisotopic (exact) mass is 247 g/mol. The summed E-state index contributed by atoms with van der Waals surface area (Å²) in [6, 6.07) is 5.78. The fourth-order valence-electron chi connectivity index (χ4n) is 1.89. The van der Waals surface area contributed by atoms with Crippen LogP contribution in [0.25, 0.3) is 11.0 Å². The van der Waals surface area contributed by atoms with E-state index in [0.29, 0.717) is 13.0 Å². The van der Waals surface area contributed by atoms with E-state index in [4.69, 9.17) is 5.11 Å². The number of benzene rings is 1. The van der Waals surface area contributed by atoms with Crippen molar-refractivity contribution < 1.29 is 9.90 Å². The van der Waals surface area contributed by atoms with Gasteiger partial charge in [-0.1, -0.05) is 6.92 Å². The molecule has 1 heterocycles. The Hall–Kier alpha value is -2.04. The van der Waals surface area contributed by atoms with Gasteiger partial charge in [0.2, 0.25) is 0 Å². The number of fused-ring (bicyclic) bond motifs is 1. The zero-order chi connectivity index (χ0) is 13.1. The lowest BCUT2D eigenvalue weighted by Crippen LogP contribution is -2.21. The summed E-state index contributed by atoms with van der Waals surface area (Å²) in [6.45, 7) is 4.22. The molecule has 5 heteroatoms. The van der Waals surface area contributed by atoms with Gasteiger partial charge in [0.05, 0.1) is 17.0 Å². The van der Waals surface area contributed by atoms with Crippen molar-refractivity contribution in [3.63, 3.8) is 0 Å². The number of aromatic nitrogens is 2. The second-order valence-corrected chi connectivity index (χ2v) is 4.38. The fraction of sp³-hybridized carbons (Fsp3) is 0.385. The van der Waals surface area contributed by atoms with Crippen LogP contribution in [-0.2, 0) is 4.79 Å². The van der Waals surface area contributed by atoms with Gasteiger partial charge in [-0.15, -0.1) is 0 Å². The van der Waals surface area contributed by atoms with Crippen molar-refractivity contribution >= 4 is 22.7 Å². The number of anilines is 1. The topological polar surface area (TPSA) is 78.0 Å². The Balaban J connectivity index is 2.09. The van der Waals surface area contributed by atoms with Crippen LogP contribution in [0.2, 0.25) is 0 Å². The van der Waals surface area contributed by atoms with E-state index in [9.17, 15) is 4.79 Å². The maximum atomic E-state index is 10.9. The lowest BCUT2D eigenvalue weighted by atomic mass is 10.1. The number of aliphatic carboxylic acids is 1. The Kier molecular flexibility index (Phi) is 3.50. The van der Waals surface area contributed by atoms with Crippen LogP contribution in [0.4, 0.5) is 5.69 Å². The number of H-pyrrole nitrogens is 1. The van der Waals surface area contributed by atoms with Crippen molar-refractivity contribution in [3.05, 3.63) is 24.0 Å². The van der Waals surface area contributed by atoms with Crippen LogP contribution in [0.1, 0.15) is 19.2 Å². The van der Waals surface area contributed by atoms with Gasteiger partial charge in [0.25, 0.3) is 0 Å². The molecule has 1 atom stereocenters. The summed E-state index contributed by atoms with van der Waals surface area (Å²) >= 11 is 0. The molecule has 1 aromatic carbocycles. The molecular formula is C13H17N3O2. The summed E-state index contributed by atoms with van der Waals surface area (Å²) in [5, 5.41) is 12.1. The van der Waals surface area contributed by atoms with Crippen LogP contribution in [-0.4, -0.2) is 27.6 Å². The largest absolute Gasteiger partial charge is 0.481 e. The van der Waals surface area contributed by atoms with Crippen molar-refractivity contribution in [1.82, 2.24) is 9.97 Å². The molecule has 0 fully saturated rings. The molecule has 0 aliphatic heterocycles. The maximum Gasteiger partial charge on any atom is 0.308 e. The molecule has 96 valence electrons. The van der Waals surface area contributed by atoms with Crippen molar-refractivity contribution in [2.45, 2.75) is 20.3 Å². The Labute approximate surface area is 105 Å². The molecule has 18 heavy (non-hydrogen) atoms. The Morgan fingerprint density at radius 1 is 1.56 bits per heavy atom. The number of carbonyl (C=O) groups is 1.